The van der Waals surface area contributed by atoms with E-state index in [9.17, 15) is 18.0 Å². The Hall–Kier alpha value is -1.54. The minimum absolute atomic E-state index is 0.0454. The smallest absolute Gasteiger partial charge is 0.416 e. The lowest BCUT2D eigenvalue weighted by Crippen LogP contribution is -2.18. The van der Waals surface area contributed by atoms with Gasteiger partial charge in [-0.05, 0) is 18.4 Å². The number of hydrogen-bond acceptors (Lipinski definition) is 4. The molecule has 0 aromatic carbocycles. The summed E-state index contributed by atoms with van der Waals surface area (Å²) in [4.78, 5) is 14.4. The Balaban J connectivity index is 2.21. The average Bonchev–Trinajstić information content (AvgIpc) is 2.77. The van der Waals surface area contributed by atoms with E-state index in [1.165, 1.54) is 6.08 Å². The summed E-state index contributed by atoms with van der Waals surface area (Å²) in [5.41, 5.74) is -0.697. The Bertz CT molecular complexity index is 622. The first-order chi connectivity index (χ1) is 9.79. The van der Waals surface area contributed by atoms with E-state index in [0.29, 0.717) is 17.8 Å². The lowest BCUT2D eigenvalue weighted by molar-refractivity contribution is -0.0897. The lowest BCUT2D eigenvalue weighted by atomic mass is 9.98. The van der Waals surface area contributed by atoms with Crippen LogP contribution in [0.2, 0.25) is 4.47 Å². The normalized spacial score (nSPS) is 15.4. The fraction of sp³-hybridized carbons (Fsp3) is 0.333. The van der Waals surface area contributed by atoms with Gasteiger partial charge in [-0.3, -0.25) is 0 Å². The number of alkyl halides is 3. The zero-order valence-electron chi connectivity index (χ0n) is 10.4. The molecule has 0 saturated heterocycles. The van der Waals surface area contributed by atoms with Gasteiger partial charge in [-0.25, -0.2) is 4.79 Å². The van der Waals surface area contributed by atoms with Gasteiger partial charge in [-0.15, -0.1) is 0 Å². The summed E-state index contributed by atoms with van der Waals surface area (Å²) in [5.74, 6) is -1.55. The number of thiazole rings is 1. The number of halogens is 4. The van der Waals surface area contributed by atoms with Gasteiger partial charge >= 0.3 is 12.1 Å². The van der Waals surface area contributed by atoms with Crippen LogP contribution in [0.25, 0.3) is 0 Å². The predicted molar refractivity (Wildman–Crippen MR) is 71.0 cm³/mol. The molecule has 1 aromatic heterocycles. The number of aromatic nitrogens is 1. The number of nitrogens with zero attached hydrogens (tertiary/aromatic N) is 1. The summed E-state index contributed by atoms with van der Waals surface area (Å²) in [6.45, 7) is -0.375. The summed E-state index contributed by atoms with van der Waals surface area (Å²) >= 11 is 6.29. The summed E-state index contributed by atoms with van der Waals surface area (Å²) in [5, 5.41) is 8.93. The maximum Gasteiger partial charge on any atom is 0.416 e. The largest absolute Gasteiger partial charge is 0.477 e. The van der Waals surface area contributed by atoms with Gasteiger partial charge < -0.3 is 9.84 Å². The topological polar surface area (TPSA) is 59.4 Å². The van der Waals surface area contributed by atoms with E-state index in [0.717, 1.165) is 6.08 Å². The molecule has 1 aromatic rings. The highest BCUT2D eigenvalue weighted by atomic mass is 35.5. The van der Waals surface area contributed by atoms with E-state index in [-0.39, 0.29) is 33.8 Å². The van der Waals surface area contributed by atoms with Crippen LogP contribution >= 0.6 is 22.9 Å². The second-order valence-corrected chi connectivity index (χ2v) is 5.73. The Kier molecular flexibility index (Phi) is 4.58. The number of carboxylic acid groups (broad SMARTS) is 1. The second kappa shape index (κ2) is 6.07. The standard InChI is InChI=1S/C12H9ClF3NO3S/c13-11-17-9(8(21-11)10(18)19)20-5-6-3-1-2-4-7(6)12(14,15)16/h2,4H,1,3,5H2,(H,18,19). The molecule has 0 bridgehead atoms. The van der Waals surface area contributed by atoms with Gasteiger partial charge in [-0.1, -0.05) is 35.1 Å². The van der Waals surface area contributed by atoms with Gasteiger partial charge in [-0.2, -0.15) is 18.2 Å². The van der Waals surface area contributed by atoms with Gasteiger partial charge in [0, 0.05) is 0 Å². The number of rotatable bonds is 4. The molecular formula is C12H9ClF3NO3S. The van der Waals surface area contributed by atoms with Crippen molar-refractivity contribution >= 4 is 28.9 Å². The average molecular weight is 340 g/mol. The quantitative estimate of drug-likeness (QED) is 0.897. The van der Waals surface area contributed by atoms with Crippen LogP contribution in [0.5, 0.6) is 5.88 Å². The third kappa shape index (κ3) is 3.76. The molecule has 0 spiro atoms. The molecule has 0 radical (unpaired) electrons. The van der Waals surface area contributed by atoms with Crippen molar-refractivity contribution in [1.29, 1.82) is 0 Å². The fourth-order valence-electron chi connectivity index (χ4n) is 1.83. The highest BCUT2D eigenvalue weighted by Gasteiger charge is 2.35. The van der Waals surface area contributed by atoms with Crippen LogP contribution in [0.4, 0.5) is 13.2 Å². The molecule has 0 atom stereocenters. The van der Waals surface area contributed by atoms with Crippen molar-refractivity contribution in [1.82, 2.24) is 4.98 Å². The Morgan fingerprint density at radius 2 is 2.24 bits per heavy atom. The maximum atomic E-state index is 12.8. The minimum Gasteiger partial charge on any atom is -0.477 e. The first-order valence-electron chi connectivity index (χ1n) is 5.77. The van der Waals surface area contributed by atoms with Crippen LogP contribution in [-0.2, 0) is 0 Å². The van der Waals surface area contributed by atoms with Crippen LogP contribution in [-0.4, -0.2) is 28.8 Å². The number of ether oxygens (including phenoxy) is 1. The molecule has 1 aliphatic rings. The summed E-state index contributed by atoms with van der Waals surface area (Å²) in [6, 6.07) is 0. The van der Waals surface area contributed by atoms with E-state index in [2.05, 4.69) is 4.98 Å². The zero-order valence-corrected chi connectivity index (χ0v) is 12.0. The van der Waals surface area contributed by atoms with Gasteiger partial charge in [0.05, 0.1) is 5.57 Å². The van der Waals surface area contributed by atoms with E-state index in [1.54, 1.807) is 0 Å². The van der Waals surface area contributed by atoms with Crippen molar-refractivity contribution in [2.75, 3.05) is 6.61 Å². The fourth-order valence-corrected chi connectivity index (χ4v) is 2.71. The van der Waals surface area contributed by atoms with E-state index in [4.69, 9.17) is 21.4 Å². The minimum atomic E-state index is -4.47. The number of hydrogen-bond donors (Lipinski definition) is 1. The Morgan fingerprint density at radius 1 is 1.52 bits per heavy atom. The molecule has 0 fully saturated rings. The van der Waals surface area contributed by atoms with E-state index >= 15 is 0 Å². The molecule has 0 unspecified atom stereocenters. The maximum absolute atomic E-state index is 12.8. The van der Waals surface area contributed by atoms with Crippen molar-refractivity contribution in [3.8, 4) is 5.88 Å². The molecular weight excluding hydrogens is 331 g/mol. The monoisotopic (exact) mass is 339 g/mol. The van der Waals surface area contributed by atoms with Crippen molar-refractivity contribution in [3.63, 3.8) is 0 Å². The highest BCUT2D eigenvalue weighted by molar-refractivity contribution is 7.17. The second-order valence-electron chi connectivity index (χ2n) is 4.15. The molecule has 1 heterocycles. The molecule has 0 amide bonds. The lowest BCUT2D eigenvalue weighted by Gasteiger charge is -2.18. The highest BCUT2D eigenvalue weighted by Crippen LogP contribution is 2.34. The molecule has 9 heteroatoms. The van der Waals surface area contributed by atoms with Crippen molar-refractivity contribution < 1.29 is 27.8 Å². The first kappa shape index (κ1) is 15.8. The van der Waals surface area contributed by atoms with Crippen LogP contribution in [0.15, 0.2) is 23.3 Å². The van der Waals surface area contributed by atoms with Gasteiger partial charge in [0.2, 0.25) is 5.88 Å². The van der Waals surface area contributed by atoms with Crippen LogP contribution in [0.1, 0.15) is 22.5 Å². The summed E-state index contributed by atoms with van der Waals surface area (Å²) < 4.78 is 43.6. The third-order valence-corrected chi connectivity index (χ3v) is 3.86. The molecule has 2 rings (SSSR count). The van der Waals surface area contributed by atoms with Gasteiger partial charge in [0.25, 0.3) is 0 Å². The van der Waals surface area contributed by atoms with Gasteiger partial charge in [0.1, 0.15) is 6.61 Å². The third-order valence-electron chi connectivity index (χ3n) is 2.73. The zero-order chi connectivity index (χ0) is 15.6. The SMILES string of the molecule is O=C(O)c1sc(Cl)nc1OCC1=C(C(F)(F)F)C=CCC1. The Labute approximate surface area is 126 Å². The number of aromatic carboxylic acids is 1. The molecule has 0 saturated carbocycles. The summed E-state index contributed by atoms with van der Waals surface area (Å²) in [7, 11) is 0. The number of allylic oxidation sites excluding steroid dienone is 3. The molecule has 114 valence electrons. The van der Waals surface area contributed by atoms with Crippen molar-refractivity contribution in [3.05, 3.63) is 32.6 Å². The van der Waals surface area contributed by atoms with E-state index in [1.807, 2.05) is 0 Å². The van der Waals surface area contributed by atoms with Crippen LogP contribution in [0.3, 0.4) is 0 Å². The van der Waals surface area contributed by atoms with Crippen LogP contribution < -0.4 is 4.74 Å². The number of carboxylic acids is 1. The first-order valence-corrected chi connectivity index (χ1v) is 6.96. The summed E-state index contributed by atoms with van der Waals surface area (Å²) in [6.07, 6.45) is -1.35. The van der Waals surface area contributed by atoms with Gasteiger partial charge in [0.15, 0.2) is 9.34 Å². The molecule has 1 aliphatic carbocycles. The Morgan fingerprint density at radius 3 is 2.86 bits per heavy atom. The molecule has 21 heavy (non-hydrogen) atoms. The van der Waals surface area contributed by atoms with Crippen LogP contribution in [0, 0.1) is 0 Å². The molecule has 1 N–H and O–H groups in total. The number of carbonyl (C=O) groups is 1. The van der Waals surface area contributed by atoms with E-state index < -0.39 is 17.7 Å². The van der Waals surface area contributed by atoms with Crippen molar-refractivity contribution in [2.24, 2.45) is 0 Å². The molecule has 4 nitrogen and oxygen atoms in total. The predicted octanol–water partition coefficient (Wildman–Crippen LogP) is 4.08. The van der Waals surface area contributed by atoms with Crippen molar-refractivity contribution in [2.45, 2.75) is 19.0 Å². The molecule has 0 aliphatic heterocycles.